The molecule has 0 radical (unpaired) electrons. The Morgan fingerprint density at radius 3 is 2.39 bits per heavy atom. The standard InChI is InChI=1S/C11H10Cl2N4O/c1-6-2-10(16-11(15-6)17-14)18-9-4-7(12)3-8(13)5-9/h2-5H,14H2,1H3,(H,15,16,17). The van der Waals surface area contributed by atoms with Crippen molar-refractivity contribution < 1.29 is 4.74 Å². The highest BCUT2D eigenvalue weighted by Gasteiger charge is 2.05. The van der Waals surface area contributed by atoms with Crippen molar-refractivity contribution in [1.82, 2.24) is 9.97 Å². The summed E-state index contributed by atoms with van der Waals surface area (Å²) in [4.78, 5) is 8.10. The molecule has 0 spiro atoms. The number of nitrogen functional groups attached to an aromatic ring is 1. The van der Waals surface area contributed by atoms with Gasteiger partial charge in [0, 0.05) is 21.8 Å². The fraction of sp³-hybridized carbons (Fsp3) is 0.0909. The fourth-order valence-electron chi connectivity index (χ4n) is 1.36. The Morgan fingerprint density at radius 1 is 1.11 bits per heavy atom. The van der Waals surface area contributed by atoms with Crippen LogP contribution in [0.4, 0.5) is 5.95 Å². The van der Waals surface area contributed by atoms with Crippen LogP contribution in [0.5, 0.6) is 11.6 Å². The third-order valence-electron chi connectivity index (χ3n) is 2.02. The summed E-state index contributed by atoms with van der Waals surface area (Å²) in [5.74, 6) is 6.38. The van der Waals surface area contributed by atoms with Crippen molar-refractivity contribution in [3.8, 4) is 11.6 Å². The van der Waals surface area contributed by atoms with E-state index in [2.05, 4.69) is 15.4 Å². The van der Waals surface area contributed by atoms with Crippen LogP contribution in [0.25, 0.3) is 0 Å². The normalized spacial score (nSPS) is 10.2. The summed E-state index contributed by atoms with van der Waals surface area (Å²) < 4.78 is 5.55. The van der Waals surface area contributed by atoms with Gasteiger partial charge in [-0.1, -0.05) is 23.2 Å². The number of hydrogen-bond donors (Lipinski definition) is 2. The minimum Gasteiger partial charge on any atom is -0.439 e. The van der Waals surface area contributed by atoms with E-state index in [9.17, 15) is 0 Å². The van der Waals surface area contributed by atoms with Crippen molar-refractivity contribution in [2.24, 2.45) is 5.84 Å². The van der Waals surface area contributed by atoms with Gasteiger partial charge in [-0.3, -0.25) is 5.43 Å². The SMILES string of the molecule is Cc1cc(Oc2cc(Cl)cc(Cl)c2)nc(NN)n1. The van der Waals surface area contributed by atoms with Crippen molar-refractivity contribution in [3.63, 3.8) is 0 Å². The Labute approximate surface area is 114 Å². The maximum Gasteiger partial charge on any atom is 0.240 e. The van der Waals surface area contributed by atoms with Gasteiger partial charge in [0.15, 0.2) is 0 Å². The van der Waals surface area contributed by atoms with Crippen molar-refractivity contribution >= 4 is 29.2 Å². The number of nitrogens with zero attached hydrogens (tertiary/aromatic N) is 2. The Bertz CT molecular complexity index is 557. The predicted molar refractivity (Wildman–Crippen MR) is 71.1 cm³/mol. The van der Waals surface area contributed by atoms with Crippen LogP contribution in [-0.2, 0) is 0 Å². The zero-order valence-electron chi connectivity index (χ0n) is 9.45. The molecule has 0 atom stereocenters. The van der Waals surface area contributed by atoms with Crippen LogP contribution in [-0.4, -0.2) is 9.97 Å². The summed E-state index contributed by atoms with van der Waals surface area (Å²) in [6.07, 6.45) is 0. The molecule has 0 unspecified atom stereocenters. The summed E-state index contributed by atoms with van der Waals surface area (Å²) in [7, 11) is 0. The fourth-order valence-corrected chi connectivity index (χ4v) is 1.87. The van der Waals surface area contributed by atoms with Crippen LogP contribution in [0.3, 0.4) is 0 Å². The lowest BCUT2D eigenvalue weighted by molar-refractivity contribution is 0.461. The Balaban J connectivity index is 2.30. The predicted octanol–water partition coefficient (Wildman–Crippen LogP) is 3.17. The van der Waals surface area contributed by atoms with Gasteiger partial charge in [-0.05, 0) is 25.1 Å². The summed E-state index contributed by atoms with van der Waals surface area (Å²) in [5, 5.41) is 0.973. The maximum absolute atomic E-state index is 5.88. The first-order valence-electron chi connectivity index (χ1n) is 5.03. The Morgan fingerprint density at radius 2 is 1.78 bits per heavy atom. The highest BCUT2D eigenvalue weighted by molar-refractivity contribution is 6.34. The topological polar surface area (TPSA) is 73.1 Å². The number of halogens is 2. The summed E-state index contributed by atoms with van der Waals surface area (Å²) in [6, 6.07) is 6.57. The van der Waals surface area contributed by atoms with Crippen molar-refractivity contribution in [1.29, 1.82) is 0 Å². The minimum atomic E-state index is 0.276. The zero-order chi connectivity index (χ0) is 13.1. The van der Waals surface area contributed by atoms with Gasteiger partial charge in [0.2, 0.25) is 11.8 Å². The molecular weight excluding hydrogens is 275 g/mol. The molecule has 0 fully saturated rings. The van der Waals surface area contributed by atoms with Crippen molar-refractivity contribution in [3.05, 3.63) is 40.0 Å². The van der Waals surface area contributed by atoms with E-state index in [1.165, 1.54) is 0 Å². The summed E-state index contributed by atoms with van der Waals surface area (Å²) in [5.41, 5.74) is 3.09. The molecule has 0 saturated heterocycles. The lowest BCUT2D eigenvalue weighted by Gasteiger charge is -2.07. The first-order chi connectivity index (χ1) is 8.56. The van der Waals surface area contributed by atoms with E-state index in [4.69, 9.17) is 33.8 Å². The lowest BCUT2D eigenvalue weighted by Crippen LogP contribution is -2.11. The van der Waals surface area contributed by atoms with E-state index in [0.717, 1.165) is 5.69 Å². The number of hydrogen-bond acceptors (Lipinski definition) is 5. The molecule has 1 heterocycles. The molecule has 0 bridgehead atoms. The summed E-state index contributed by atoms with van der Waals surface area (Å²) >= 11 is 11.8. The number of ether oxygens (including phenoxy) is 1. The number of rotatable bonds is 3. The average Bonchev–Trinajstić information content (AvgIpc) is 2.26. The van der Waals surface area contributed by atoms with Gasteiger partial charge >= 0.3 is 0 Å². The lowest BCUT2D eigenvalue weighted by atomic mass is 10.3. The molecule has 0 aliphatic heterocycles. The quantitative estimate of drug-likeness (QED) is 0.669. The highest BCUT2D eigenvalue weighted by Crippen LogP contribution is 2.27. The third-order valence-corrected chi connectivity index (χ3v) is 2.45. The molecular formula is C11H10Cl2N4O. The Hall–Kier alpha value is -1.56. The van der Waals surface area contributed by atoms with Crippen LogP contribution >= 0.6 is 23.2 Å². The number of anilines is 1. The van der Waals surface area contributed by atoms with E-state index in [1.54, 1.807) is 31.2 Å². The van der Waals surface area contributed by atoms with E-state index < -0.39 is 0 Å². The van der Waals surface area contributed by atoms with Crippen LogP contribution in [0.2, 0.25) is 10.0 Å². The number of nitrogens with one attached hydrogen (secondary N) is 1. The molecule has 2 rings (SSSR count). The van der Waals surface area contributed by atoms with E-state index in [0.29, 0.717) is 21.7 Å². The van der Waals surface area contributed by atoms with E-state index in [1.807, 2.05) is 0 Å². The smallest absolute Gasteiger partial charge is 0.240 e. The third kappa shape index (κ3) is 3.22. The minimum absolute atomic E-state index is 0.276. The molecule has 18 heavy (non-hydrogen) atoms. The van der Waals surface area contributed by atoms with E-state index >= 15 is 0 Å². The molecule has 5 nitrogen and oxygen atoms in total. The highest BCUT2D eigenvalue weighted by atomic mass is 35.5. The van der Waals surface area contributed by atoms with Gasteiger partial charge in [0.25, 0.3) is 0 Å². The first-order valence-corrected chi connectivity index (χ1v) is 5.78. The van der Waals surface area contributed by atoms with E-state index in [-0.39, 0.29) is 5.95 Å². The second-order valence-corrected chi connectivity index (χ2v) is 4.40. The molecule has 0 aliphatic carbocycles. The number of hydrazine groups is 1. The van der Waals surface area contributed by atoms with Gasteiger partial charge in [-0.2, -0.15) is 4.98 Å². The number of aryl methyl sites for hydroxylation is 1. The summed E-state index contributed by atoms with van der Waals surface area (Å²) in [6.45, 7) is 1.81. The average molecular weight is 285 g/mol. The van der Waals surface area contributed by atoms with Crippen LogP contribution in [0, 0.1) is 6.92 Å². The number of aromatic nitrogens is 2. The van der Waals surface area contributed by atoms with Crippen LogP contribution in [0.1, 0.15) is 5.69 Å². The van der Waals surface area contributed by atoms with Gasteiger partial charge < -0.3 is 4.74 Å². The molecule has 0 amide bonds. The molecule has 0 saturated carbocycles. The van der Waals surface area contributed by atoms with Crippen molar-refractivity contribution in [2.45, 2.75) is 6.92 Å². The number of nitrogens with two attached hydrogens (primary N) is 1. The van der Waals surface area contributed by atoms with Gasteiger partial charge in [0.1, 0.15) is 5.75 Å². The van der Waals surface area contributed by atoms with Gasteiger partial charge in [0.05, 0.1) is 0 Å². The molecule has 2 aromatic rings. The van der Waals surface area contributed by atoms with Gasteiger partial charge in [-0.25, -0.2) is 10.8 Å². The number of benzene rings is 1. The molecule has 3 N–H and O–H groups in total. The zero-order valence-corrected chi connectivity index (χ0v) is 11.0. The first kappa shape index (κ1) is 12.9. The molecule has 7 heteroatoms. The molecule has 1 aromatic heterocycles. The molecule has 94 valence electrons. The second-order valence-electron chi connectivity index (χ2n) is 3.52. The largest absolute Gasteiger partial charge is 0.439 e. The molecule has 0 aliphatic rings. The van der Waals surface area contributed by atoms with Crippen LogP contribution in [0.15, 0.2) is 24.3 Å². The monoisotopic (exact) mass is 284 g/mol. The van der Waals surface area contributed by atoms with Gasteiger partial charge in [-0.15, -0.1) is 0 Å². The Kier molecular flexibility index (Phi) is 3.86. The second kappa shape index (κ2) is 5.39. The maximum atomic E-state index is 5.88. The molecule has 1 aromatic carbocycles. The van der Waals surface area contributed by atoms with Crippen molar-refractivity contribution in [2.75, 3.05) is 5.43 Å². The van der Waals surface area contributed by atoms with Crippen LogP contribution < -0.4 is 16.0 Å².